The first-order valence-corrected chi connectivity index (χ1v) is 10.6. The van der Waals surface area contributed by atoms with Crippen LogP contribution in [-0.2, 0) is 0 Å². The first-order valence-electron chi connectivity index (χ1n) is 10.6. The molecule has 2 aromatic carbocycles. The maximum atomic E-state index is 12.8. The summed E-state index contributed by atoms with van der Waals surface area (Å²) >= 11 is 0. The predicted octanol–water partition coefficient (Wildman–Crippen LogP) is 3.40. The topological polar surface area (TPSA) is 38.8 Å². The number of fused-ring (bicyclic) bond motifs is 1. The Morgan fingerprint density at radius 1 is 0.964 bits per heavy atom. The summed E-state index contributed by atoms with van der Waals surface area (Å²) in [6.07, 6.45) is 2.35. The number of hydrogen-bond acceptors (Lipinski definition) is 3. The molecule has 2 fully saturated rings. The number of likely N-dealkylation sites (tertiary alicyclic amines) is 1. The van der Waals surface area contributed by atoms with E-state index in [2.05, 4.69) is 71.6 Å². The lowest BCUT2D eigenvalue weighted by Crippen LogP contribution is -2.54. The highest BCUT2D eigenvalue weighted by atomic mass is 16.2. The van der Waals surface area contributed by atoms with Gasteiger partial charge < -0.3 is 20.0 Å². The van der Waals surface area contributed by atoms with Gasteiger partial charge in [-0.25, -0.2) is 4.79 Å². The third-order valence-electron chi connectivity index (χ3n) is 6.50. The summed E-state index contributed by atoms with van der Waals surface area (Å²) in [4.78, 5) is 19.5. The maximum Gasteiger partial charge on any atom is 0.317 e. The Morgan fingerprint density at radius 2 is 1.64 bits per heavy atom. The van der Waals surface area contributed by atoms with Crippen LogP contribution in [0.1, 0.15) is 19.8 Å². The molecule has 2 aliphatic rings. The fourth-order valence-electron chi connectivity index (χ4n) is 4.57. The van der Waals surface area contributed by atoms with Gasteiger partial charge in [0.15, 0.2) is 0 Å². The minimum absolute atomic E-state index is 0.101. The second-order valence-electron chi connectivity index (χ2n) is 8.35. The van der Waals surface area contributed by atoms with E-state index in [-0.39, 0.29) is 12.1 Å². The number of amides is 2. The molecule has 0 aliphatic carbocycles. The number of urea groups is 1. The average molecular weight is 381 g/mol. The molecule has 0 radical (unpaired) electrons. The van der Waals surface area contributed by atoms with E-state index in [1.54, 1.807) is 0 Å². The zero-order valence-corrected chi connectivity index (χ0v) is 17.1. The second-order valence-corrected chi connectivity index (χ2v) is 8.35. The van der Waals surface area contributed by atoms with Gasteiger partial charge in [0.25, 0.3) is 0 Å². The fraction of sp³-hybridized carbons (Fsp3) is 0.522. The van der Waals surface area contributed by atoms with Crippen molar-refractivity contribution >= 4 is 22.5 Å². The molecule has 2 saturated heterocycles. The van der Waals surface area contributed by atoms with Crippen molar-refractivity contribution in [1.82, 2.24) is 15.1 Å². The zero-order valence-electron chi connectivity index (χ0n) is 17.1. The van der Waals surface area contributed by atoms with Crippen molar-refractivity contribution in [3.63, 3.8) is 0 Å². The highest BCUT2D eigenvalue weighted by molar-refractivity contribution is 5.94. The molecule has 2 amide bonds. The van der Waals surface area contributed by atoms with E-state index in [0.717, 1.165) is 39.3 Å². The molecule has 5 nitrogen and oxygen atoms in total. The van der Waals surface area contributed by atoms with Gasteiger partial charge in [-0.3, -0.25) is 0 Å². The Hall–Kier alpha value is -2.27. The first kappa shape index (κ1) is 19.1. The summed E-state index contributed by atoms with van der Waals surface area (Å²) in [5.41, 5.74) is 1.28. The number of benzene rings is 2. The Kier molecular flexibility index (Phi) is 5.72. The second kappa shape index (κ2) is 8.39. The lowest BCUT2D eigenvalue weighted by molar-refractivity contribution is 0.167. The van der Waals surface area contributed by atoms with Crippen LogP contribution in [-0.4, -0.2) is 68.2 Å². The van der Waals surface area contributed by atoms with Gasteiger partial charge in [-0.1, -0.05) is 36.4 Å². The van der Waals surface area contributed by atoms with E-state index in [0.29, 0.717) is 5.92 Å². The molecule has 0 aromatic heterocycles. The third kappa shape index (κ3) is 4.09. The van der Waals surface area contributed by atoms with E-state index in [1.807, 2.05) is 4.90 Å². The third-order valence-corrected chi connectivity index (χ3v) is 6.50. The van der Waals surface area contributed by atoms with Crippen molar-refractivity contribution in [3.05, 3.63) is 42.5 Å². The van der Waals surface area contributed by atoms with E-state index in [9.17, 15) is 4.79 Å². The van der Waals surface area contributed by atoms with Crippen LogP contribution in [0.3, 0.4) is 0 Å². The number of nitrogens with zero attached hydrogens (tertiary/aromatic N) is 3. The minimum atomic E-state index is 0.101. The van der Waals surface area contributed by atoms with Gasteiger partial charge in [-0.05, 0) is 57.3 Å². The molecule has 0 spiro atoms. The number of rotatable bonds is 3. The van der Waals surface area contributed by atoms with Gasteiger partial charge in [0.05, 0.1) is 0 Å². The summed E-state index contributed by atoms with van der Waals surface area (Å²) in [6, 6.07) is 15.4. The lowest BCUT2D eigenvalue weighted by atomic mass is 9.90. The summed E-state index contributed by atoms with van der Waals surface area (Å²) in [6.45, 7) is 7.74. The van der Waals surface area contributed by atoms with Gasteiger partial charge in [0, 0.05) is 43.3 Å². The summed E-state index contributed by atoms with van der Waals surface area (Å²) in [5.74, 6) is 0.595. The van der Waals surface area contributed by atoms with E-state index in [4.69, 9.17) is 0 Å². The molecule has 1 N–H and O–H groups in total. The summed E-state index contributed by atoms with van der Waals surface area (Å²) in [5, 5.41) is 5.83. The lowest BCUT2D eigenvalue weighted by Gasteiger charge is -2.38. The van der Waals surface area contributed by atoms with Crippen molar-refractivity contribution in [3.8, 4) is 0 Å². The molecule has 150 valence electrons. The van der Waals surface area contributed by atoms with Crippen LogP contribution in [0.15, 0.2) is 42.5 Å². The molecule has 28 heavy (non-hydrogen) atoms. The standard InChI is InChI=1S/C23H32N4O/c1-18(19-10-12-25(2)13-11-19)24-23(28)27-16-14-26(15-17-27)22-9-5-7-20-6-3-4-8-21(20)22/h3-9,18-19H,10-17H2,1-2H3,(H,24,28)/t18-/m0/s1. The van der Waals surface area contributed by atoms with Crippen LogP contribution in [0.5, 0.6) is 0 Å². The van der Waals surface area contributed by atoms with E-state index in [1.165, 1.54) is 29.3 Å². The molecular weight excluding hydrogens is 348 g/mol. The Bertz CT molecular complexity index is 802. The number of piperidine rings is 1. The zero-order chi connectivity index (χ0) is 19.5. The number of nitrogens with one attached hydrogen (secondary N) is 1. The van der Waals surface area contributed by atoms with Crippen LogP contribution in [0.2, 0.25) is 0 Å². The highest BCUT2D eigenvalue weighted by Crippen LogP contribution is 2.27. The van der Waals surface area contributed by atoms with Crippen LogP contribution in [0.4, 0.5) is 10.5 Å². The SMILES string of the molecule is C[C@H](NC(=O)N1CCN(c2cccc3ccccc23)CC1)C1CCN(C)CC1. The molecule has 2 aliphatic heterocycles. The molecule has 0 unspecified atom stereocenters. The number of anilines is 1. The van der Waals surface area contributed by atoms with Crippen molar-refractivity contribution < 1.29 is 4.79 Å². The van der Waals surface area contributed by atoms with E-state index < -0.39 is 0 Å². The normalized spacial score (nSPS) is 20.4. The van der Waals surface area contributed by atoms with Gasteiger partial charge in [-0.15, -0.1) is 0 Å². The minimum Gasteiger partial charge on any atom is -0.367 e. The quantitative estimate of drug-likeness (QED) is 0.887. The van der Waals surface area contributed by atoms with Crippen LogP contribution < -0.4 is 10.2 Å². The maximum absolute atomic E-state index is 12.8. The van der Waals surface area contributed by atoms with Gasteiger partial charge in [0.2, 0.25) is 0 Å². The Labute approximate surface area is 168 Å². The monoisotopic (exact) mass is 380 g/mol. The van der Waals surface area contributed by atoms with Gasteiger partial charge in [0.1, 0.15) is 0 Å². The summed E-state index contributed by atoms with van der Waals surface area (Å²) < 4.78 is 0. The smallest absolute Gasteiger partial charge is 0.317 e. The molecule has 2 heterocycles. The predicted molar refractivity (Wildman–Crippen MR) is 116 cm³/mol. The van der Waals surface area contributed by atoms with Crippen molar-refractivity contribution in [2.45, 2.75) is 25.8 Å². The van der Waals surface area contributed by atoms with Crippen LogP contribution in [0, 0.1) is 5.92 Å². The highest BCUT2D eigenvalue weighted by Gasteiger charge is 2.27. The van der Waals surface area contributed by atoms with Gasteiger partial charge >= 0.3 is 6.03 Å². The molecular formula is C23H32N4O. The Morgan fingerprint density at radius 3 is 2.39 bits per heavy atom. The van der Waals surface area contributed by atoms with Crippen molar-refractivity contribution in [2.75, 3.05) is 51.2 Å². The molecule has 1 atom stereocenters. The van der Waals surface area contributed by atoms with Crippen molar-refractivity contribution in [2.24, 2.45) is 5.92 Å². The number of carbonyl (C=O) groups is 1. The largest absolute Gasteiger partial charge is 0.367 e. The molecule has 5 heteroatoms. The fourth-order valence-corrected chi connectivity index (χ4v) is 4.57. The number of carbonyl (C=O) groups excluding carboxylic acids is 1. The van der Waals surface area contributed by atoms with Crippen LogP contribution in [0.25, 0.3) is 10.8 Å². The molecule has 2 aromatic rings. The van der Waals surface area contributed by atoms with Crippen LogP contribution >= 0.6 is 0 Å². The molecule has 0 bridgehead atoms. The summed E-state index contributed by atoms with van der Waals surface area (Å²) in [7, 11) is 2.18. The first-order chi connectivity index (χ1) is 13.6. The van der Waals surface area contributed by atoms with Gasteiger partial charge in [-0.2, -0.15) is 0 Å². The number of hydrogen-bond donors (Lipinski definition) is 1. The van der Waals surface area contributed by atoms with E-state index >= 15 is 0 Å². The average Bonchev–Trinajstić information content (AvgIpc) is 2.74. The molecule has 4 rings (SSSR count). The Balaban J connectivity index is 1.33. The number of piperazine rings is 1. The molecule has 0 saturated carbocycles. The van der Waals surface area contributed by atoms with Crippen molar-refractivity contribution in [1.29, 1.82) is 0 Å².